The summed E-state index contributed by atoms with van der Waals surface area (Å²) in [4.78, 5) is 0. The first-order valence-corrected chi connectivity index (χ1v) is 8.50. The van der Waals surface area contributed by atoms with Crippen molar-refractivity contribution in [1.82, 2.24) is 0 Å². The molecule has 0 spiro atoms. The molecule has 0 radical (unpaired) electrons. The van der Waals surface area contributed by atoms with Crippen molar-refractivity contribution in [2.24, 2.45) is 0 Å². The van der Waals surface area contributed by atoms with Crippen molar-refractivity contribution in [3.8, 4) is 0 Å². The van der Waals surface area contributed by atoms with Gasteiger partial charge in [0.2, 0.25) is 0 Å². The molecular weight excluding hydrogens is 302 g/mol. The molecule has 0 aliphatic carbocycles. The molecule has 0 aliphatic rings. The van der Waals surface area contributed by atoms with Crippen LogP contribution in [0.4, 0.5) is 0 Å². The van der Waals surface area contributed by atoms with Crippen LogP contribution < -0.4 is 4.24 Å². The van der Waals surface area contributed by atoms with Gasteiger partial charge < -0.3 is 0 Å². The second-order valence-electron chi connectivity index (χ2n) is 6.01. The quantitative estimate of drug-likeness (QED) is 0.468. The van der Waals surface area contributed by atoms with Crippen molar-refractivity contribution in [2.45, 2.75) is 0 Å². The minimum atomic E-state index is 0. The zero-order chi connectivity index (χ0) is 17.5. The first-order valence-electron chi connectivity index (χ1n) is 8.50. The topological polar surface area (TPSA) is 0 Å². The number of fused-ring (bicyclic) bond motifs is 1. The summed E-state index contributed by atoms with van der Waals surface area (Å²) in [6, 6.07) is 35.3. The van der Waals surface area contributed by atoms with Gasteiger partial charge in [-0.1, -0.05) is 67.2 Å². The molecule has 0 saturated carbocycles. The molecule has 26 heavy (non-hydrogen) atoms. The van der Waals surface area contributed by atoms with Crippen molar-refractivity contribution in [1.29, 1.82) is 0 Å². The molecule has 0 saturated heterocycles. The molecule has 0 nitrogen and oxygen atoms in total. The number of benzene rings is 4. The normalized spacial score (nSPS) is 9.62. The minimum absolute atomic E-state index is 0. The third kappa shape index (κ3) is 5.28. The SMILES string of the molecule is C=C(c1ccccc1)c1ccccc1.[LiH].[Li][c]1cccc2ccccc12. The van der Waals surface area contributed by atoms with Crippen LogP contribution in [-0.4, -0.2) is 36.6 Å². The molecule has 0 unspecified atom stereocenters. The van der Waals surface area contributed by atoms with E-state index in [9.17, 15) is 0 Å². The summed E-state index contributed by atoms with van der Waals surface area (Å²) in [7, 11) is 0. The van der Waals surface area contributed by atoms with Crippen molar-refractivity contribution in [2.75, 3.05) is 0 Å². The Labute approximate surface area is 177 Å². The molecule has 0 amide bonds. The van der Waals surface area contributed by atoms with Crippen LogP contribution in [-0.2, 0) is 0 Å². The zero-order valence-electron chi connectivity index (χ0n) is 14.5. The third-order valence-corrected chi connectivity index (χ3v) is 4.25. The maximum absolute atomic E-state index is 4.10. The number of hydrogen-bond donors (Lipinski definition) is 0. The van der Waals surface area contributed by atoms with Crippen LogP contribution >= 0.6 is 0 Å². The van der Waals surface area contributed by atoms with E-state index in [1.165, 1.54) is 26.1 Å². The Bertz CT molecular complexity index is 914. The number of rotatable bonds is 2. The molecule has 4 rings (SSSR count). The van der Waals surface area contributed by atoms with E-state index in [-0.39, 0.29) is 18.9 Å². The molecule has 0 atom stereocenters. The summed E-state index contributed by atoms with van der Waals surface area (Å²) in [5.74, 6) is 0. The Balaban J connectivity index is 0.000000184. The van der Waals surface area contributed by atoms with Crippen LogP contribution in [0.25, 0.3) is 16.3 Å². The Hall–Kier alpha value is -1.93. The van der Waals surface area contributed by atoms with Crippen molar-refractivity contribution in [3.63, 3.8) is 0 Å². The van der Waals surface area contributed by atoms with Crippen LogP contribution in [0.1, 0.15) is 11.1 Å². The van der Waals surface area contributed by atoms with Gasteiger partial charge in [0.15, 0.2) is 0 Å². The van der Waals surface area contributed by atoms with E-state index in [2.05, 4.69) is 91.0 Å². The van der Waals surface area contributed by atoms with Gasteiger partial charge in [-0.15, -0.1) is 0 Å². The first kappa shape index (κ1) is 20.4. The van der Waals surface area contributed by atoms with Gasteiger partial charge in [0, 0.05) is 0 Å². The first-order chi connectivity index (χ1) is 12.3. The van der Waals surface area contributed by atoms with E-state index in [0.717, 1.165) is 5.57 Å². The van der Waals surface area contributed by atoms with Gasteiger partial charge in [0.05, 0.1) is 0 Å². The fourth-order valence-corrected chi connectivity index (χ4v) is 2.83. The fourth-order valence-electron chi connectivity index (χ4n) is 2.83. The summed E-state index contributed by atoms with van der Waals surface area (Å²) in [6.07, 6.45) is 0. The summed E-state index contributed by atoms with van der Waals surface area (Å²) in [6.45, 7) is 4.10. The van der Waals surface area contributed by atoms with E-state index in [0.29, 0.717) is 0 Å². The molecule has 0 aliphatic heterocycles. The Morgan fingerprint density at radius 1 is 0.577 bits per heavy atom. The van der Waals surface area contributed by atoms with Crippen LogP contribution in [0.5, 0.6) is 0 Å². The fraction of sp³-hybridized carbons (Fsp3) is 0. The Morgan fingerprint density at radius 3 is 1.58 bits per heavy atom. The molecule has 118 valence electrons. The summed E-state index contributed by atoms with van der Waals surface area (Å²) >= 11 is 2.14. The Morgan fingerprint density at radius 2 is 1.04 bits per heavy atom. The van der Waals surface area contributed by atoms with Crippen molar-refractivity contribution in [3.05, 3.63) is 121 Å². The van der Waals surface area contributed by atoms with Crippen LogP contribution in [0, 0.1) is 0 Å². The molecule has 4 aromatic rings. The van der Waals surface area contributed by atoms with Gasteiger partial charge in [-0.05, 0) is 16.7 Å². The summed E-state index contributed by atoms with van der Waals surface area (Å²) in [5, 5.41) is 2.68. The van der Waals surface area contributed by atoms with E-state index < -0.39 is 0 Å². The second-order valence-corrected chi connectivity index (χ2v) is 6.01. The second kappa shape index (κ2) is 10.3. The molecular formula is C24H20Li2. The summed E-state index contributed by atoms with van der Waals surface area (Å²) < 4.78 is 1.35. The predicted octanol–water partition coefficient (Wildman–Crippen LogP) is 4.73. The van der Waals surface area contributed by atoms with Crippen LogP contribution in [0.3, 0.4) is 0 Å². The summed E-state index contributed by atoms with van der Waals surface area (Å²) in [5.41, 5.74) is 3.43. The standard InChI is InChI=1S/C14H12.C10H7.2Li.H/c1-12(13-8-4-2-5-9-13)14-10-6-3-7-11-14;1-2-6-10-8-4-3-7-9(10)5-1;;;/h2-11H,1H2;1-7H;;;. The number of hydrogen-bond acceptors (Lipinski definition) is 0. The average Bonchev–Trinajstić information content (AvgIpc) is 2.70. The van der Waals surface area contributed by atoms with Gasteiger partial charge in [-0.3, -0.25) is 0 Å². The van der Waals surface area contributed by atoms with E-state index >= 15 is 0 Å². The van der Waals surface area contributed by atoms with Crippen molar-refractivity contribution < 1.29 is 0 Å². The van der Waals surface area contributed by atoms with Gasteiger partial charge in [0.25, 0.3) is 0 Å². The maximum atomic E-state index is 4.10. The van der Waals surface area contributed by atoms with E-state index in [4.69, 9.17) is 0 Å². The van der Waals surface area contributed by atoms with Crippen LogP contribution in [0.2, 0.25) is 0 Å². The van der Waals surface area contributed by atoms with Crippen LogP contribution in [0.15, 0.2) is 110 Å². The monoisotopic (exact) mass is 322 g/mol. The molecule has 0 N–H and O–H groups in total. The predicted molar refractivity (Wildman–Crippen MR) is 118 cm³/mol. The van der Waals surface area contributed by atoms with Gasteiger partial charge in [-0.25, -0.2) is 0 Å². The van der Waals surface area contributed by atoms with Gasteiger partial charge in [0.1, 0.15) is 0 Å². The van der Waals surface area contributed by atoms with Gasteiger partial charge in [-0.2, -0.15) is 0 Å². The molecule has 0 aromatic heterocycles. The van der Waals surface area contributed by atoms with Crippen molar-refractivity contribution >= 4 is 57.2 Å². The Kier molecular flexibility index (Phi) is 8.06. The average molecular weight is 322 g/mol. The van der Waals surface area contributed by atoms with Gasteiger partial charge >= 0.3 is 94.0 Å². The zero-order valence-corrected chi connectivity index (χ0v) is 14.5. The molecule has 0 fully saturated rings. The molecule has 2 heteroatoms. The molecule has 0 heterocycles. The third-order valence-electron chi connectivity index (χ3n) is 4.25. The van der Waals surface area contributed by atoms with E-state index in [1.807, 2.05) is 36.4 Å². The van der Waals surface area contributed by atoms with E-state index in [1.54, 1.807) is 0 Å². The molecule has 4 aromatic carbocycles. The molecule has 0 bridgehead atoms.